The van der Waals surface area contributed by atoms with E-state index in [1.807, 2.05) is 22.8 Å². The Kier molecular flexibility index (Phi) is 5.78. The Morgan fingerprint density at radius 1 is 1.33 bits per heavy atom. The van der Waals surface area contributed by atoms with Crippen LogP contribution in [0, 0.1) is 10.1 Å². The summed E-state index contributed by atoms with van der Waals surface area (Å²) in [5.74, 6) is -0.440. The van der Waals surface area contributed by atoms with Crippen LogP contribution in [0.5, 0.6) is 0 Å². The number of hydrogen-bond donors (Lipinski definition) is 0. The van der Waals surface area contributed by atoms with E-state index >= 15 is 0 Å². The van der Waals surface area contributed by atoms with Gasteiger partial charge in [0.25, 0.3) is 11.6 Å². The highest BCUT2D eigenvalue weighted by molar-refractivity contribution is 9.10. The van der Waals surface area contributed by atoms with E-state index in [1.165, 1.54) is 35.6 Å². The van der Waals surface area contributed by atoms with Crippen LogP contribution in [0.25, 0.3) is 16.3 Å². The van der Waals surface area contributed by atoms with Crippen LogP contribution in [0.3, 0.4) is 0 Å². The van der Waals surface area contributed by atoms with E-state index in [0.717, 1.165) is 14.7 Å². The zero-order chi connectivity index (χ0) is 19.4. The number of nitro benzene ring substituents is 1. The van der Waals surface area contributed by atoms with Crippen LogP contribution in [0.15, 0.2) is 70.7 Å². The van der Waals surface area contributed by atoms with Crippen LogP contribution >= 0.6 is 27.3 Å². The maximum Gasteiger partial charge on any atom is 0.272 e. The standard InChI is InChI=1S/C19H14BrN3O3S/c1-2-10-22-16-8-7-14(20)12-17(16)27-19(22)21-18(24)9-6-13-4-3-5-15(11-13)23(25)26/h2-9,11-12H,1,10H2/b9-6+,21-19?. The number of thiazole rings is 1. The number of aromatic nitrogens is 1. The topological polar surface area (TPSA) is 77.5 Å². The van der Waals surface area contributed by atoms with E-state index < -0.39 is 10.8 Å². The van der Waals surface area contributed by atoms with Crippen LogP contribution < -0.4 is 4.80 Å². The number of amides is 1. The molecule has 0 aliphatic carbocycles. The molecule has 0 atom stereocenters. The molecule has 0 aliphatic rings. The van der Waals surface area contributed by atoms with Gasteiger partial charge in [-0.05, 0) is 29.8 Å². The number of halogens is 1. The number of hydrogen-bond acceptors (Lipinski definition) is 4. The molecule has 3 aromatic rings. The molecule has 0 aliphatic heterocycles. The lowest BCUT2D eigenvalue weighted by molar-refractivity contribution is -0.384. The quantitative estimate of drug-likeness (QED) is 0.248. The van der Waals surface area contributed by atoms with Gasteiger partial charge in [-0.3, -0.25) is 14.9 Å². The Balaban J connectivity index is 1.95. The average molecular weight is 444 g/mol. The molecule has 2 aromatic carbocycles. The molecule has 1 amide bonds. The van der Waals surface area contributed by atoms with Crippen molar-refractivity contribution in [1.29, 1.82) is 0 Å². The van der Waals surface area contributed by atoms with Crippen LogP contribution in [0.2, 0.25) is 0 Å². The molecule has 0 saturated carbocycles. The highest BCUT2D eigenvalue weighted by Crippen LogP contribution is 2.22. The molecule has 0 saturated heterocycles. The van der Waals surface area contributed by atoms with Crippen molar-refractivity contribution < 1.29 is 9.72 Å². The van der Waals surface area contributed by atoms with Crippen molar-refractivity contribution in [3.8, 4) is 0 Å². The second-order valence-corrected chi connectivity index (χ2v) is 7.46. The third-order valence-electron chi connectivity index (χ3n) is 3.66. The summed E-state index contributed by atoms with van der Waals surface area (Å²) in [6.07, 6.45) is 4.56. The predicted octanol–water partition coefficient (Wildman–Crippen LogP) is 4.70. The van der Waals surface area contributed by atoms with Crippen LogP contribution in [-0.4, -0.2) is 15.4 Å². The molecule has 0 radical (unpaired) electrons. The first-order valence-electron chi connectivity index (χ1n) is 7.89. The van der Waals surface area contributed by atoms with Crippen LogP contribution in [0.1, 0.15) is 5.56 Å². The molecular weight excluding hydrogens is 430 g/mol. The first-order valence-corrected chi connectivity index (χ1v) is 9.50. The number of fused-ring (bicyclic) bond motifs is 1. The van der Waals surface area contributed by atoms with Gasteiger partial charge in [-0.25, -0.2) is 0 Å². The Hall–Kier alpha value is -2.84. The first kappa shape index (κ1) is 18.9. The Morgan fingerprint density at radius 3 is 2.89 bits per heavy atom. The lowest BCUT2D eigenvalue weighted by Crippen LogP contribution is -2.15. The zero-order valence-electron chi connectivity index (χ0n) is 14.0. The molecule has 0 unspecified atom stereocenters. The summed E-state index contributed by atoms with van der Waals surface area (Å²) in [6, 6.07) is 11.9. The van der Waals surface area contributed by atoms with Crippen molar-refractivity contribution in [2.24, 2.45) is 4.99 Å². The summed E-state index contributed by atoms with van der Waals surface area (Å²) < 4.78 is 3.87. The van der Waals surface area contributed by atoms with Crippen molar-refractivity contribution in [2.45, 2.75) is 6.54 Å². The molecule has 6 nitrogen and oxygen atoms in total. The molecule has 0 fully saturated rings. The molecule has 1 heterocycles. The molecule has 27 heavy (non-hydrogen) atoms. The number of nitrogens with zero attached hydrogens (tertiary/aromatic N) is 3. The molecule has 1 aromatic heterocycles. The third-order valence-corrected chi connectivity index (χ3v) is 5.20. The predicted molar refractivity (Wildman–Crippen MR) is 110 cm³/mol. The van der Waals surface area contributed by atoms with E-state index in [9.17, 15) is 14.9 Å². The normalized spacial score (nSPS) is 12.0. The molecule has 0 bridgehead atoms. The van der Waals surface area contributed by atoms with Gasteiger partial charge in [0.1, 0.15) is 0 Å². The van der Waals surface area contributed by atoms with Gasteiger partial charge >= 0.3 is 0 Å². The Labute approximate surface area is 167 Å². The van der Waals surface area contributed by atoms with Gasteiger partial charge in [0, 0.05) is 29.2 Å². The SMILES string of the molecule is C=CCn1c(=NC(=O)/C=C/c2cccc([N+](=O)[O-])c2)sc2cc(Br)ccc21. The van der Waals surface area contributed by atoms with Crippen molar-refractivity contribution in [1.82, 2.24) is 4.57 Å². The molecule has 3 rings (SSSR count). The molecule has 136 valence electrons. The number of benzene rings is 2. The van der Waals surface area contributed by atoms with Crippen molar-refractivity contribution >= 4 is 55.2 Å². The minimum Gasteiger partial charge on any atom is -0.312 e. The van der Waals surface area contributed by atoms with Gasteiger partial charge < -0.3 is 4.57 Å². The monoisotopic (exact) mass is 443 g/mol. The number of carbonyl (C=O) groups excluding carboxylic acids is 1. The third kappa shape index (κ3) is 4.47. The van der Waals surface area contributed by atoms with E-state index in [0.29, 0.717) is 16.9 Å². The van der Waals surface area contributed by atoms with Crippen LogP contribution in [-0.2, 0) is 11.3 Å². The van der Waals surface area contributed by atoms with Gasteiger partial charge in [-0.1, -0.05) is 45.5 Å². The fourth-order valence-corrected chi connectivity index (χ4v) is 4.08. The number of non-ortho nitro benzene ring substituents is 1. The van der Waals surface area contributed by atoms with Crippen LogP contribution in [0.4, 0.5) is 5.69 Å². The second kappa shape index (κ2) is 8.24. The minimum atomic E-state index is -0.475. The fraction of sp³-hybridized carbons (Fsp3) is 0.0526. The lowest BCUT2D eigenvalue weighted by Gasteiger charge is -2.00. The number of rotatable bonds is 5. The summed E-state index contributed by atoms with van der Waals surface area (Å²) in [7, 11) is 0. The van der Waals surface area contributed by atoms with E-state index in [-0.39, 0.29) is 5.69 Å². The fourth-order valence-electron chi connectivity index (χ4n) is 2.48. The highest BCUT2D eigenvalue weighted by atomic mass is 79.9. The van der Waals surface area contributed by atoms with Gasteiger partial charge in [0.05, 0.1) is 15.1 Å². The largest absolute Gasteiger partial charge is 0.312 e. The second-order valence-electron chi connectivity index (χ2n) is 5.53. The maximum atomic E-state index is 12.3. The maximum absolute atomic E-state index is 12.3. The molecule has 0 spiro atoms. The summed E-state index contributed by atoms with van der Waals surface area (Å²) >= 11 is 4.85. The van der Waals surface area contributed by atoms with E-state index in [1.54, 1.807) is 18.2 Å². The minimum absolute atomic E-state index is 0.0274. The molecule has 0 N–H and O–H groups in total. The molecule has 8 heteroatoms. The van der Waals surface area contributed by atoms with Crippen molar-refractivity contribution in [3.05, 3.63) is 86.1 Å². The smallest absolute Gasteiger partial charge is 0.272 e. The summed E-state index contributed by atoms with van der Waals surface area (Å²) in [6.45, 7) is 4.29. The first-order chi connectivity index (χ1) is 13.0. The van der Waals surface area contributed by atoms with Gasteiger partial charge in [-0.15, -0.1) is 6.58 Å². The highest BCUT2D eigenvalue weighted by Gasteiger charge is 2.07. The van der Waals surface area contributed by atoms with Gasteiger partial charge in [-0.2, -0.15) is 4.99 Å². The zero-order valence-corrected chi connectivity index (χ0v) is 16.4. The number of allylic oxidation sites excluding steroid dienone is 1. The van der Waals surface area contributed by atoms with Gasteiger partial charge in [0.15, 0.2) is 4.80 Å². The Bertz CT molecular complexity index is 1140. The lowest BCUT2D eigenvalue weighted by atomic mass is 10.2. The summed E-state index contributed by atoms with van der Waals surface area (Å²) in [4.78, 5) is 27.4. The number of nitro groups is 1. The van der Waals surface area contributed by atoms with Crippen molar-refractivity contribution in [3.63, 3.8) is 0 Å². The van der Waals surface area contributed by atoms with E-state index in [4.69, 9.17) is 0 Å². The van der Waals surface area contributed by atoms with Crippen molar-refractivity contribution in [2.75, 3.05) is 0 Å². The summed E-state index contributed by atoms with van der Waals surface area (Å²) in [5, 5.41) is 10.8. The van der Waals surface area contributed by atoms with E-state index in [2.05, 4.69) is 27.5 Å². The van der Waals surface area contributed by atoms with Gasteiger partial charge in [0.2, 0.25) is 0 Å². The number of carbonyl (C=O) groups is 1. The Morgan fingerprint density at radius 2 is 2.15 bits per heavy atom. The average Bonchev–Trinajstić information content (AvgIpc) is 2.97. The summed E-state index contributed by atoms with van der Waals surface area (Å²) in [5.41, 5.74) is 1.50. The molecular formula is C19H14BrN3O3S.